The van der Waals surface area contributed by atoms with E-state index in [0.717, 1.165) is 0 Å². The van der Waals surface area contributed by atoms with Crippen LogP contribution >= 0.6 is 0 Å². The van der Waals surface area contributed by atoms with Crippen molar-refractivity contribution in [2.45, 2.75) is 25.9 Å². The predicted molar refractivity (Wildman–Crippen MR) is 99.5 cm³/mol. The zero-order valence-corrected chi connectivity index (χ0v) is 16.4. The first-order valence-electron chi connectivity index (χ1n) is 8.48. The number of esters is 2. The molecule has 0 aliphatic carbocycles. The van der Waals surface area contributed by atoms with Gasteiger partial charge < -0.3 is 23.8 Å². The van der Waals surface area contributed by atoms with Crippen molar-refractivity contribution in [2.24, 2.45) is 0 Å². The topological polar surface area (TPSA) is 74.3 Å². The Morgan fingerprint density at radius 3 is 1.96 bits per heavy atom. The van der Waals surface area contributed by atoms with Crippen LogP contribution in [0.25, 0.3) is 0 Å². The highest BCUT2D eigenvalue weighted by Crippen LogP contribution is 2.40. The van der Waals surface area contributed by atoms with E-state index in [9.17, 15) is 9.59 Å². The summed E-state index contributed by atoms with van der Waals surface area (Å²) in [6.45, 7) is 3.83. The zero-order valence-electron chi connectivity index (χ0n) is 16.4. The molecule has 0 radical (unpaired) electrons. The molecule has 2 rings (SSSR count). The fraction of sp³-hybridized carbons (Fsp3) is 0.400. The molecule has 0 fully saturated rings. The van der Waals surface area contributed by atoms with Crippen molar-refractivity contribution in [3.8, 4) is 11.5 Å². The monoisotopic (exact) mass is 375 g/mol. The first-order valence-corrected chi connectivity index (χ1v) is 8.48. The Bertz CT molecular complexity index is 747. The minimum Gasteiger partial charge on any atom is -0.493 e. The van der Waals surface area contributed by atoms with Crippen LogP contribution in [0.2, 0.25) is 0 Å². The van der Waals surface area contributed by atoms with Gasteiger partial charge in [0.2, 0.25) is 0 Å². The van der Waals surface area contributed by atoms with E-state index in [2.05, 4.69) is 0 Å². The Morgan fingerprint density at radius 1 is 0.963 bits per heavy atom. The molecule has 0 aromatic heterocycles. The third kappa shape index (κ3) is 4.42. The molecule has 1 aromatic rings. The maximum atomic E-state index is 12.4. The molecule has 1 heterocycles. The van der Waals surface area contributed by atoms with Gasteiger partial charge in [0, 0.05) is 19.4 Å². The van der Waals surface area contributed by atoms with Crippen LogP contribution in [-0.2, 0) is 19.1 Å². The fourth-order valence-electron chi connectivity index (χ4n) is 2.94. The van der Waals surface area contributed by atoms with E-state index >= 15 is 0 Å². The lowest BCUT2D eigenvalue weighted by molar-refractivity contribution is -0.137. The molecule has 0 unspecified atom stereocenters. The standard InChI is InChI=1S/C20H25NO6/c1-12(2)27-16-8-7-13(9-17(16)24-4)18-14(19(22)25-5)10-21(3)11-15(18)20(23)26-6/h7-12,18H,1-6H3. The second kappa shape index (κ2) is 8.62. The van der Waals surface area contributed by atoms with Crippen molar-refractivity contribution in [3.05, 3.63) is 47.3 Å². The van der Waals surface area contributed by atoms with Crippen LogP contribution in [0.3, 0.4) is 0 Å². The lowest BCUT2D eigenvalue weighted by Crippen LogP contribution is -2.27. The van der Waals surface area contributed by atoms with Crippen LogP contribution < -0.4 is 9.47 Å². The molecule has 0 saturated carbocycles. The van der Waals surface area contributed by atoms with Crippen molar-refractivity contribution < 1.29 is 28.5 Å². The van der Waals surface area contributed by atoms with Gasteiger partial charge in [-0.05, 0) is 31.5 Å². The van der Waals surface area contributed by atoms with Crippen molar-refractivity contribution >= 4 is 11.9 Å². The van der Waals surface area contributed by atoms with E-state index in [4.69, 9.17) is 18.9 Å². The molecule has 0 bridgehead atoms. The van der Waals surface area contributed by atoms with Crippen LogP contribution in [0.15, 0.2) is 41.7 Å². The first kappa shape index (κ1) is 20.4. The largest absolute Gasteiger partial charge is 0.493 e. The number of rotatable bonds is 6. The minimum atomic E-state index is -0.650. The summed E-state index contributed by atoms with van der Waals surface area (Å²) < 4.78 is 21.0. The van der Waals surface area contributed by atoms with Gasteiger partial charge in [-0.15, -0.1) is 0 Å². The molecular weight excluding hydrogens is 350 g/mol. The van der Waals surface area contributed by atoms with Gasteiger partial charge in [0.1, 0.15) is 0 Å². The third-order valence-corrected chi connectivity index (χ3v) is 4.03. The molecule has 146 valence electrons. The number of carbonyl (C=O) groups is 2. The molecule has 7 nitrogen and oxygen atoms in total. The van der Waals surface area contributed by atoms with Crippen LogP contribution in [0, 0.1) is 0 Å². The third-order valence-electron chi connectivity index (χ3n) is 4.03. The highest BCUT2D eigenvalue weighted by Gasteiger charge is 2.35. The van der Waals surface area contributed by atoms with E-state index in [1.165, 1.54) is 21.3 Å². The maximum Gasteiger partial charge on any atom is 0.336 e. The van der Waals surface area contributed by atoms with Gasteiger partial charge in [0.15, 0.2) is 11.5 Å². The van der Waals surface area contributed by atoms with E-state index in [1.54, 1.807) is 42.5 Å². The van der Waals surface area contributed by atoms with Gasteiger partial charge in [-0.25, -0.2) is 9.59 Å². The lowest BCUT2D eigenvalue weighted by Gasteiger charge is -2.28. The number of hydrogen-bond donors (Lipinski definition) is 0. The Labute approximate surface area is 159 Å². The molecule has 1 aliphatic heterocycles. The van der Waals surface area contributed by atoms with E-state index in [0.29, 0.717) is 28.2 Å². The zero-order chi connectivity index (χ0) is 20.1. The first-order chi connectivity index (χ1) is 12.8. The normalized spacial score (nSPS) is 14.4. The summed E-state index contributed by atoms with van der Waals surface area (Å²) in [5, 5.41) is 0. The summed E-state index contributed by atoms with van der Waals surface area (Å²) in [6, 6.07) is 5.31. The summed E-state index contributed by atoms with van der Waals surface area (Å²) in [4.78, 5) is 26.4. The van der Waals surface area contributed by atoms with Crippen LogP contribution in [0.5, 0.6) is 11.5 Å². The number of methoxy groups -OCH3 is 3. The fourth-order valence-corrected chi connectivity index (χ4v) is 2.94. The molecule has 0 atom stereocenters. The van der Waals surface area contributed by atoms with Crippen LogP contribution in [-0.4, -0.2) is 51.3 Å². The summed E-state index contributed by atoms with van der Waals surface area (Å²) in [5.74, 6) is -0.612. The van der Waals surface area contributed by atoms with Gasteiger partial charge in [-0.2, -0.15) is 0 Å². The van der Waals surface area contributed by atoms with E-state index in [1.807, 2.05) is 13.8 Å². The number of nitrogens with zero attached hydrogens (tertiary/aromatic N) is 1. The quantitative estimate of drug-likeness (QED) is 0.708. The number of ether oxygens (including phenoxy) is 4. The SMILES string of the molecule is COC(=O)C1=CN(C)C=C(C(=O)OC)C1c1ccc(OC(C)C)c(OC)c1. The second-order valence-corrected chi connectivity index (χ2v) is 6.33. The molecule has 27 heavy (non-hydrogen) atoms. The Balaban J connectivity index is 2.58. The number of carbonyl (C=O) groups excluding carboxylic acids is 2. The van der Waals surface area contributed by atoms with Gasteiger partial charge in [0.05, 0.1) is 44.5 Å². The van der Waals surface area contributed by atoms with E-state index < -0.39 is 17.9 Å². The highest BCUT2D eigenvalue weighted by atomic mass is 16.5. The van der Waals surface area contributed by atoms with Crippen molar-refractivity contribution in [2.75, 3.05) is 28.4 Å². The van der Waals surface area contributed by atoms with Gasteiger partial charge in [-0.1, -0.05) is 6.07 Å². The van der Waals surface area contributed by atoms with Crippen molar-refractivity contribution in [3.63, 3.8) is 0 Å². The molecule has 0 amide bonds. The van der Waals surface area contributed by atoms with Gasteiger partial charge >= 0.3 is 11.9 Å². The predicted octanol–water partition coefficient (Wildman–Crippen LogP) is 2.63. The molecule has 7 heteroatoms. The summed E-state index contributed by atoms with van der Waals surface area (Å²) >= 11 is 0. The van der Waals surface area contributed by atoms with Gasteiger partial charge in [0.25, 0.3) is 0 Å². The van der Waals surface area contributed by atoms with Crippen molar-refractivity contribution in [1.29, 1.82) is 0 Å². The molecular formula is C20H25NO6. The number of benzene rings is 1. The summed E-state index contributed by atoms with van der Waals surface area (Å²) in [6.07, 6.45) is 3.24. The smallest absolute Gasteiger partial charge is 0.336 e. The van der Waals surface area contributed by atoms with Crippen LogP contribution in [0.4, 0.5) is 0 Å². The summed E-state index contributed by atoms with van der Waals surface area (Å²) in [5.41, 5.74) is 1.33. The molecule has 0 spiro atoms. The van der Waals surface area contributed by atoms with Crippen molar-refractivity contribution in [1.82, 2.24) is 4.90 Å². The Morgan fingerprint density at radius 2 is 1.52 bits per heavy atom. The second-order valence-electron chi connectivity index (χ2n) is 6.33. The number of hydrogen-bond acceptors (Lipinski definition) is 7. The molecule has 0 saturated heterocycles. The average Bonchev–Trinajstić information content (AvgIpc) is 2.65. The lowest BCUT2D eigenvalue weighted by atomic mass is 9.83. The minimum absolute atomic E-state index is 0.0240. The molecule has 1 aromatic carbocycles. The summed E-state index contributed by atoms with van der Waals surface area (Å²) in [7, 11) is 5.87. The Kier molecular flexibility index (Phi) is 6.50. The average molecular weight is 375 g/mol. The van der Waals surface area contributed by atoms with Crippen LogP contribution in [0.1, 0.15) is 25.3 Å². The highest BCUT2D eigenvalue weighted by molar-refractivity contribution is 5.98. The molecule has 0 N–H and O–H groups in total. The van der Waals surface area contributed by atoms with Gasteiger partial charge in [-0.3, -0.25) is 0 Å². The molecule has 1 aliphatic rings. The van der Waals surface area contributed by atoms with E-state index in [-0.39, 0.29) is 6.10 Å². The Hall–Kier alpha value is -2.96. The maximum absolute atomic E-state index is 12.4.